The molecule has 1 aliphatic heterocycles. The number of benzene rings is 1. The van der Waals surface area contributed by atoms with Crippen LogP contribution in [-0.2, 0) is 9.59 Å². The van der Waals surface area contributed by atoms with Crippen molar-refractivity contribution < 1.29 is 24.2 Å². The second-order valence-corrected chi connectivity index (χ2v) is 7.16. The van der Waals surface area contributed by atoms with Crippen LogP contribution in [0.1, 0.15) is 26.2 Å². The third kappa shape index (κ3) is 7.06. The van der Waals surface area contributed by atoms with Gasteiger partial charge in [-0.25, -0.2) is 0 Å². The Kier molecular flexibility index (Phi) is 10.2. The number of likely N-dealkylation sites (tertiary alicyclic amines) is 1. The first-order valence-corrected chi connectivity index (χ1v) is 9.54. The number of likely N-dealkylation sites (N-methyl/N-ethyl adjacent to an activating group) is 1. The average Bonchev–Trinajstić information content (AvgIpc) is 2.93. The Morgan fingerprint density at radius 2 is 1.93 bits per heavy atom. The summed E-state index contributed by atoms with van der Waals surface area (Å²) in [6, 6.07) is 5.22. The molecular weight excluding hydrogens is 398 g/mol. The number of nitrogens with zero attached hydrogens (tertiary/aromatic N) is 2. The molecule has 0 saturated carbocycles. The van der Waals surface area contributed by atoms with Gasteiger partial charge in [-0.2, -0.15) is 0 Å². The predicted octanol–water partition coefficient (Wildman–Crippen LogP) is 2.32. The molecule has 0 aromatic heterocycles. The molecule has 2 N–H and O–H groups in total. The lowest BCUT2D eigenvalue weighted by atomic mass is 10.1. The molecule has 1 aromatic carbocycles. The number of anilines is 1. The lowest BCUT2D eigenvalue weighted by Crippen LogP contribution is -2.43. The number of carboxylic acids is 1. The van der Waals surface area contributed by atoms with Crippen LogP contribution >= 0.6 is 12.4 Å². The molecule has 0 spiro atoms. The van der Waals surface area contributed by atoms with E-state index in [1.165, 1.54) is 0 Å². The Hall–Kier alpha value is -2.03. The van der Waals surface area contributed by atoms with Gasteiger partial charge in [-0.05, 0) is 51.9 Å². The number of ether oxygens (including phenoxy) is 2. The largest absolute Gasteiger partial charge is 0.493 e. The van der Waals surface area contributed by atoms with Gasteiger partial charge in [-0.1, -0.05) is 0 Å². The molecule has 0 bridgehead atoms. The first-order valence-electron chi connectivity index (χ1n) is 9.54. The normalized spacial score (nSPS) is 18.3. The number of halogens is 1. The second kappa shape index (κ2) is 11.8. The molecule has 1 aliphatic rings. The maximum atomic E-state index is 12.7. The van der Waals surface area contributed by atoms with Gasteiger partial charge in [0.2, 0.25) is 5.91 Å². The molecule has 2 unspecified atom stereocenters. The summed E-state index contributed by atoms with van der Waals surface area (Å²) in [6.07, 6.45) is 2.71. The van der Waals surface area contributed by atoms with Crippen LogP contribution < -0.4 is 14.8 Å². The number of carboxylic acid groups (broad SMARTS) is 1. The van der Waals surface area contributed by atoms with Crippen LogP contribution in [0.4, 0.5) is 5.69 Å². The van der Waals surface area contributed by atoms with E-state index in [-0.39, 0.29) is 36.9 Å². The minimum Gasteiger partial charge on any atom is -0.493 e. The van der Waals surface area contributed by atoms with E-state index in [1.54, 1.807) is 32.4 Å². The monoisotopic (exact) mass is 429 g/mol. The number of hydrogen-bond acceptors (Lipinski definition) is 6. The van der Waals surface area contributed by atoms with Crippen LogP contribution in [0.3, 0.4) is 0 Å². The maximum Gasteiger partial charge on any atom is 0.317 e. The van der Waals surface area contributed by atoms with Crippen LogP contribution in [0.25, 0.3) is 0 Å². The van der Waals surface area contributed by atoms with E-state index in [9.17, 15) is 9.59 Å². The third-order valence-electron chi connectivity index (χ3n) is 5.32. The summed E-state index contributed by atoms with van der Waals surface area (Å²) in [4.78, 5) is 27.7. The van der Waals surface area contributed by atoms with E-state index in [0.29, 0.717) is 17.2 Å². The van der Waals surface area contributed by atoms with Crippen molar-refractivity contribution in [1.29, 1.82) is 0 Å². The first kappa shape index (κ1) is 25.0. The molecule has 1 heterocycles. The smallest absolute Gasteiger partial charge is 0.317 e. The van der Waals surface area contributed by atoms with Crippen molar-refractivity contribution in [2.45, 2.75) is 38.3 Å². The number of carbonyl (C=O) groups excluding carboxylic acids is 1. The van der Waals surface area contributed by atoms with Crippen molar-refractivity contribution in [3.05, 3.63) is 18.2 Å². The summed E-state index contributed by atoms with van der Waals surface area (Å²) in [5, 5.41) is 11.9. The summed E-state index contributed by atoms with van der Waals surface area (Å²) in [5.74, 6) is 0.278. The zero-order chi connectivity index (χ0) is 20.7. The van der Waals surface area contributed by atoms with E-state index >= 15 is 0 Å². The Morgan fingerprint density at radius 3 is 2.55 bits per heavy atom. The Bertz CT molecular complexity index is 688. The number of carbonyl (C=O) groups is 2. The quantitative estimate of drug-likeness (QED) is 0.655. The SMILES string of the molecule is COc1ccc(NC(=O)C(C)N2CCCC(N(C)CC(=O)O)CC2)cc1OC.Cl. The van der Waals surface area contributed by atoms with Crippen molar-refractivity contribution >= 4 is 30.0 Å². The number of rotatable bonds is 8. The third-order valence-corrected chi connectivity index (χ3v) is 5.32. The van der Waals surface area contributed by atoms with Gasteiger partial charge in [0, 0.05) is 24.3 Å². The van der Waals surface area contributed by atoms with Gasteiger partial charge < -0.3 is 19.9 Å². The molecule has 1 aromatic rings. The van der Waals surface area contributed by atoms with Gasteiger partial charge in [0.15, 0.2) is 11.5 Å². The minimum atomic E-state index is -0.814. The molecule has 8 nitrogen and oxygen atoms in total. The molecule has 1 amide bonds. The second-order valence-electron chi connectivity index (χ2n) is 7.16. The molecule has 164 valence electrons. The fraction of sp³-hybridized carbons (Fsp3) is 0.600. The number of hydrogen-bond donors (Lipinski definition) is 2. The summed E-state index contributed by atoms with van der Waals surface area (Å²) >= 11 is 0. The van der Waals surface area contributed by atoms with Gasteiger partial charge in [-0.15, -0.1) is 12.4 Å². The van der Waals surface area contributed by atoms with Crippen molar-refractivity contribution in [2.75, 3.05) is 46.2 Å². The van der Waals surface area contributed by atoms with Crippen LogP contribution in [0.15, 0.2) is 18.2 Å². The molecular formula is C20H32ClN3O5. The zero-order valence-corrected chi connectivity index (χ0v) is 18.3. The molecule has 2 rings (SSSR count). The summed E-state index contributed by atoms with van der Waals surface area (Å²) in [7, 11) is 4.97. The lowest BCUT2D eigenvalue weighted by Gasteiger charge is -2.28. The van der Waals surface area contributed by atoms with Gasteiger partial charge in [0.1, 0.15) is 0 Å². The summed E-state index contributed by atoms with van der Waals surface area (Å²) in [5.41, 5.74) is 0.656. The highest BCUT2D eigenvalue weighted by Gasteiger charge is 2.27. The lowest BCUT2D eigenvalue weighted by molar-refractivity contribution is -0.138. The van der Waals surface area contributed by atoms with Gasteiger partial charge >= 0.3 is 5.97 Å². The number of aliphatic carboxylic acids is 1. The Morgan fingerprint density at radius 1 is 1.24 bits per heavy atom. The molecule has 29 heavy (non-hydrogen) atoms. The maximum absolute atomic E-state index is 12.7. The first-order chi connectivity index (χ1) is 13.3. The van der Waals surface area contributed by atoms with Gasteiger partial charge in [0.05, 0.1) is 26.8 Å². The molecule has 2 atom stereocenters. The number of amides is 1. The van der Waals surface area contributed by atoms with Crippen LogP contribution in [0, 0.1) is 0 Å². The fourth-order valence-corrected chi connectivity index (χ4v) is 3.60. The van der Waals surface area contributed by atoms with Crippen molar-refractivity contribution in [3.63, 3.8) is 0 Å². The van der Waals surface area contributed by atoms with E-state index in [1.807, 2.05) is 18.9 Å². The zero-order valence-electron chi connectivity index (χ0n) is 17.5. The van der Waals surface area contributed by atoms with E-state index < -0.39 is 5.97 Å². The fourth-order valence-electron chi connectivity index (χ4n) is 3.60. The van der Waals surface area contributed by atoms with Gasteiger partial charge in [0.25, 0.3) is 0 Å². The van der Waals surface area contributed by atoms with Crippen molar-refractivity contribution in [3.8, 4) is 11.5 Å². The number of nitrogens with one attached hydrogen (secondary N) is 1. The number of methoxy groups -OCH3 is 2. The molecule has 1 saturated heterocycles. The Balaban J connectivity index is 0.00000420. The highest BCUT2D eigenvalue weighted by molar-refractivity contribution is 5.94. The molecule has 1 fully saturated rings. The average molecular weight is 430 g/mol. The van der Waals surface area contributed by atoms with Crippen LogP contribution in [-0.4, -0.2) is 79.8 Å². The van der Waals surface area contributed by atoms with E-state index in [4.69, 9.17) is 14.6 Å². The van der Waals surface area contributed by atoms with E-state index in [0.717, 1.165) is 32.4 Å². The molecule has 9 heteroatoms. The topological polar surface area (TPSA) is 91.3 Å². The highest BCUT2D eigenvalue weighted by Crippen LogP contribution is 2.30. The predicted molar refractivity (Wildman–Crippen MR) is 114 cm³/mol. The molecule has 0 radical (unpaired) electrons. The van der Waals surface area contributed by atoms with Gasteiger partial charge in [-0.3, -0.25) is 19.4 Å². The summed E-state index contributed by atoms with van der Waals surface area (Å²) < 4.78 is 10.5. The van der Waals surface area contributed by atoms with Crippen LogP contribution in [0.2, 0.25) is 0 Å². The summed E-state index contributed by atoms with van der Waals surface area (Å²) in [6.45, 7) is 3.52. The van der Waals surface area contributed by atoms with Crippen LogP contribution in [0.5, 0.6) is 11.5 Å². The van der Waals surface area contributed by atoms with Crippen molar-refractivity contribution in [1.82, 2.24) is 9.80 Å². The molecule has 0 aliphatic carbocycles. The standard InChI is InChI=1S/C20H31N3O5.ClH/c1-14(20(26)21-15-7-8-17(27-3)18(12-15)28-4)23-10-5-6-16(9-11-23)22(2)13-19(24)25;/h7-8,12,14,16H,5-6,9-11,13H2,1-4H3,(H,21,26)(H,24,25);1H. The minimum absolute atomic E-state index is 0. The highest BCUT2D eigenvalue weighted by atomic mass is 35.5. The van der Waals surface area contributed by atoms with E-state index in [2.05, 4.69) is 10.2 Å². The van der Waals surface area contributed by atoms with Crippen molar-refractivity contribution in [2.24, 2.45) is 0 Å². The Labute approximate surface area is 178 Å².